The summed E-state index contributed by atoms with van der Waals surface area (Å²) in [4.78, 5) is 28.5. The van der Waals surface area contributed by atoms with Crippen molar-refractivity contribution in [2.24, 2.45) is 0 Å². The van der Waals surface area contributed by atoms with Gasteiger partial charge in [0.05, 0.1) is 25.8 Å². The summed E-state index contributed by atoms with van der Waals surface area (Å²) in [6, 6.07) is 40.6. The lowest BCUT2D eigenvalue weighted by Gasteiger charge is -2.33. The fraction of sp³-hybridized carbons (Fsp3) is 0.292. The lowest BCUT2D eigenvalue weighted by molar-refractivity contribution is 0.0102. The lowest BCUT2D eigenvalue weighted by Crippen LogP contribution is -2.48. The van der Waals surface area contributed by atoms with Crippen molar-refractivity contribution in [1.29, 1.82) is 0 Å². The number of hydrogen-bond donors (Lipinski definition) is 2. The first-order valence-electron chi connectivity index (χ1n) is 21.5. The van der Waals surface area contributed by atoms with Crippen molar-refractivity contribution < 1.29 is 31.2 Å². The molecule has 3 saturated heterocycles. The van der Waals surface area contributed by atoms with Crippen LogP contribution in [0.2, 0.25) is 10.0 Å². The van der Waals surface area contributed by atoms with Crippen LogP contribution in [0.3, 0.4) is 0 Å². The van der Waals surface area contributed by atoms with Crippen molar-refractivity contribution >= 4 is 77.7 Å². The van der Waals surface area contributed by atoms with Crippen molar-refractivity contribution in [1.82, 2.24) is 24.1 Å². The van der Waals surface area contributed by atoms with E-state index in [0.29, 0.717) is 68.7 Å². The van der Waals surface area contributed by atoms with Crippen LogP contribution >= 0.6 is 45.9 Å². The van der Waals surface area contributed by atoms with Crippen LogP contribution in [0, 0.1) is 0 Å². The molecule has 6 aromatic rings. The highest BCUT2D eigenvalue weighted by Crippen LogP contribution is 2.37. The molecule has 3 aliphatic rings. The largest absolute Gasteiger partial charge is 0.373 e. The highest BCUT2D eigenvalue weighted by atomic mass is 35.5. The molecule has 0 radical (unpaired) electrons. The second kappa shape index (κ2) is 21.7. The van der Waals surface area contributed by atoms with Gasteiger partial charge in [-0.2, -0.15) is 8.61 Å². The second-order valence-corrected chi connectivity index (χ2v) is 23.7. The van der Waals surface area contributed by atoms with Crippen molar-refractivity contribution in [3.05, 3.63) is 176 Å². The van der Waals surface area contributed by atoms with Crippen LogP contribution < -0.4 is 10.6 Å². The number of sulfonamides is 2. The van der Waals surface area contributed by atoms with Gasteiger partial charge in [-0.3, -0.25) is 14.5 Å². The zero-order chi connectivity index (χ0) is 46.3. The van der Waals surface area contributed by atoms with Gasteiger partial charge in [0, 0.05) is 75.7 Å². The third kappa shape index (κ3) is 12.0. The number of benzene rings is 4. The third-order valence-corrected chi connectivity index (χ3v) is 19.2. The van der Waals surface area contributed by atoms with Crippen LogP contribution in [0.1, 0.15) is 60.9 Å². The van der Waals surface area contributed by atoms with Crippen LogP contribution in [0.5, 0.6) is 0 Å². The van der Waals surface area contributed by atoms with Crippen LogP contribution in [0.15, 0.2) is 142 Å². The Kier molecular flexibility index (Phi) is 15.8. The number of piperidine rings is 1. The van der Waals surface area contributed by atoms with E-state index in [9.17, 15) is 26.4 Å². The summed E-state index contributed by atoms with van der Waals surface area (Å²) < 4.78 is 62.6. The highest BCUT2D eigenvalue weighted by Gasteiger charge is 2.48. The molecule has 18 heteroatoms. The van der Waals surface area contributed by atoms with E-state index in [2.05, 4.69) is 27.7 Å². The number of fused-ring (bicyclic) bond motifs is 2. The molecule has 9 rings (SSSR count). The standard InChI is InChI=1S/C24H24ClN3O3S2.C24H25ClN2O4S2/c25-19-8-6-18(7-9-19)24(29)26-13-22-10-11-23(32-22)33(30,31)28-16-20-12-21(28)15-27(20)14-17-4-2-1-3-5-17;25-20-8-6-19(7-9-20)24(28)26-16-22-10-11-23(32-22)33(29,30)27-14-12-21(13-15-27)31-17-18-4-2-1-3-5-18/h1-11,20-21H,12-16H2,(H,26,29);1-11,21H,12-17H2,(H,26,28)/t20-,21-;/m1./s1. The number of hydrogen-bond acceptors (Lipinski definition) is 10. The first-order valence-corrected chi connectivity index (χ1v) is 26.8. The normalized spacial score (nSPS) is 18.2. The molecule has 2 N–H and O–H groups in total. The number of amides is 2. The molecule has 5 heterocycles. The molecule has 2 amide bonds. The topological polar surface area (TPSA) is 145 Å². The van der Waals surface area contributed by atoms with Gasteiger partial charge in [0.15, 0.2) is 0 Å². The van der Waals surface area contributed by atoms with Gasteiger partial charge >= 0.3 is 0 Å². The Labute approximate surface area is 404 Å². The maximum absolute atomic E-state index is 13.3. The average molecular weight is 1010 g/mol. The summed E-state index contributed by atoms with van der Waals surface area (Å²) in [5.74, 6) is -0.457. The molecule has 346 valence electrons. The van der Waals surface area contributed by atoms with Crippen molar-refractivity contribution in [3.8, 4) is 0 Å². The number of ether oxygens (including phenoxy) is 1. The Balaban J connectivity index is 0.000000179. The van der Waals surface area contributed by atoms with Gasteiger partial charge in [-0.05, 0) is 103 Å². The number of halogens is 2. The van der Waals surface area contributed by atoms with E-state index >= 15 is 0 Å². The second-order valence-electron chi connectivity index (χ2n) is 16.3. The maximum atomic E-state index is 13.3. The predicted molar refractivity (Wildman–Crippen MR) is 260 cm³/mol. The van der Waals surface area contributed by atoms with Gasteiger partial charge in [0.25, 0.3) is 31.9 Å². The highest BCUT2D eigenvalue weighted by molar-refractivity contribution is 7.91. The van der Waals surface area contributed by atoms with Gasteiger partial charge in [0.2, 0.25) is 0 Å². The minimum Gasteiger partial charge on any atom is -0.373 e. The van der Waals surface area contributed by atoms with E-state index in [-0.39, 0.29) is 43.1 Å². The predicted octanol–water partition coefficient (Wildman–Crippen LogP) is 8.68. The van der Waals surface area contributed by atoms with Crippen molar-refractivity contribution in [3.63, 3.8) is 0 Å². The van der Waals surface area contributed by atoms with Gasteiger partial charge in [-0.25, -0.2) is 16.8 Å². The minimum absolute atomic E-state index is 0.0128. The molecular formula is C48H49Cl2N5O7S4. The summed E-state index contributed by atoms with van der Waals surface area (Å²) in [7, 11) is -7.10. The Morgan fingerprint density at radius 1 is 0.606 bits per heavy atom. The molecular weight excluding hydrogens is 958 g/mol. The summed E-state index contributed by atoms with van der Waals surface area (Å²) in [5, 5.41) is 6.78. The van der Waals surface area contributed by atoms with Gasteiger partial charge < -0.3 is 15.4 Å². The number of carbonyl (C=O) groups excluding carboxylic acids is 2. The van der Waals surface area contributed by atoms with Crippen LogP contribution in [-0.2, 0) is 51.0 Å². The first-order chi connectivity index (χ1) is 31.8. The van der Waals surface area contributed by atoms with E-state index in [1.807, 2.05) is 48.5 Å². The quantitative estimate of drug-likeness (QED) is 0.104. The molecule has 2 aromatic heterocycles. The van der Waals surface area contributed by atoms with Crippen molar-refractivity contribution in [2.75, 3.05) is 26.2 Å². The zero-order valence-corrected chi connectivity index (χ0v) is 40.6. The fourth-order valence-corrected chi connectivity index (χ4v) is 14.5. The van der Waals surface area contributed by atoms with Gasteiger partial charge in [-0.15, -0.1) is 22.7 Å². The number of thiophene rings is 2. The van der Waals surface area contributed by atoms with Crippen LogP contribution in [0.4, 0.5) is 0 Å². The lowest BCUT2D eigenvalue weighted by atomic mass is 10.1. The molecule has 0 spiro atoms. The Morgan fingerprint density at radius 3 is 1.61 bits per heavy atom. The Hall–Kier alpha value is -4.46. The van der Waals surface area contributed by atoms with Gasteiger partial charge in [0.1, 0.15) is 8.42 Å². The number of piperazine rings is 1. The van der Waals surface area contributed by atoms with E-state index < -0.39 is 20.0 Å². The average Bonchev–Trinajstić information content (AvgIpc) is 4.17. The summed E-state index contributed by atoms with van der Waals surface area (Å²) in [5.41, 5.74) is 3.38. The SMILES string of the molecule is O=C(NCc1ccc(S(=O)(=O)N2CCC(OCc3ccccc3)CC2)s1)c1ccc(Cl)cc1.O=C(NCc1ccc(S(=O)(=O)N2C[C@H]3C[C@@H]2CN3Cc2ccccc2)s1)c1ccc(Cl)cc1. The molecule has 2 bridgehead atoms. The first kappa shape index (κ1) is 48.0. The molecule has 66 heavy (non-hydrogen) atoms. The number of carbonyl (C=O) groups is 2. The van der Waals surface area contributed by atoms with Crippen LogP contribution in [-0.4, -0.2) is 86.5 Å². The summed E-state index contributed by atoms with van der Waals surface area (Å²) in [6.07, 6.45) is 2.27. The summed E-state index contributed by atoms with van der Waals surface area (Å²) >= 11 is 14.1. The van der Waals surface area contributed by atoms with Crippen molar-refractivity contribution in [2.45, 2.75) is 72.1 Å². The van der Waals surface area contributed by atoms with E-state index in [0.717, 1.165) is 34.8 Å². The molecule has 4 aromatic carbocycles. The molecule has 2 atom stereocenters. The van der Waals surface area contributed by atoms with Crippen LogP contribution in [0.25, 0.3) is 0 Å². The monoisotopic (exact) mass is 1010 g/mol. The number of rotatable bonds is 15. The number of likely N-dealkylation sites (tertiary alicyclic amines) is 1. The van der Waals surface area contributed by atoms with E-state index in [1.165, 1.54) is 32.5 Å². The molecule has 0 saturated carbocycles. The molecule has 0 unspecified atom stereocenters. The van der Waals surface area contributed by atoms with Gasteiger partial charge in [-0.1, -0.05) is 83.9 Å². The Morgan fingerprint density at radius 2 is 1.11 bits per heavy atom. The Bertz CT molecular complexity index is 2800. The molecule has 0 aliphatic carbocycles. The van der Waals surface area contributed by atoms with E-state index in [1.54, 1.807) is 77.1 Å². The maximum Gasteiger partial charge on any atom is 0.252 e. The number of nitrogens with one attached hydrogen (secondary N) is 2. The van der Waals surface area contributed by atoms with E-state index in [4.69, 9.17) is 27.9 Å². The zero-order valence-electron chi connectivity index (χ0n) is 35.8. The molecule has 3 fully saturated rings. The summed E-state index contributed by atoms with van der Waals surface area (Å²) in [6.45, 7) is 4.08. The fourth-order valence-electron chi connectivity index (χ4n) is 8.21. The molecule has 3 aliphatic heterocycles. The third-order valence-electron chi connectivity index (χ3n) is 11.8. The number of nitrogens with zero attached hydrogens (tertiary/aromatic N) is 3. The minimum atomic E-state index is -3.56. The smallest absolute Gasteiger partial charge is 0.252 e. The molecule has 12 nitrogen and oxygen atoms in total.